The number of nitrogens with zero attached hydrogens (tertiary/aromatic N) is 3. The van der Waals surface area contributed by atoms with E-state index in [1.54, 1.807) is 17.0 Å². The van der Waals surface area contributed by atoms with Crippen molar-refractivity contribution in [1.29, 1.82) is 0 Å². The van der Waals surface area contributed by atoms with Gasteiger partial charge in [0.2, 0.25) is 17.6 Å². The first-order valence-corrected chi connectivity index (χ1v) is 9.16. The lowest BCUT2D eigenvalue weighted by Gasteiger charge is -2.15. The average Bonchev–Trinajstić information content (AvgIpc) is 3.30. The molecule has 1 amide bonds. The first-order chi connectivity index (χ1) is 13.5. The van der Waals surface area contributed by atoms with E-state index in [0.717, 1.165) is 11.3 Å². The molecule has 0 saturated carbocycles. The van der Waals surface area contributed by atoms with Crippen LogP contribution in [0.15, 0.2) is 53.1 Å². The van der Waals surface area contributed by atoms with E-state index in [-0.39, 0.29) is 30.2 Å². The summed E-state index contributed by atoms with van der Waals surface area (Å²) in [6.45, 7) is 4.36. The maximum atomic E-state index is 13.1. The summed E-state index contributed by atoms with van der Waals surface area (Å²) in [7, 11) is 0. The molecule has 0 radical (unpaired) electrons. The molecule has 1 aromatic heterocycles. The monoisotopic (exact) mass is 381 g/mol. The van der Waals surface area contributed by atoms with Gasteiger partial charge >= 0.3 is 0 Å². The summed E-state index contributed by atoms with van der Waals surface area (Å²) < 4.78 is 24.2. The Morgan fingerprint density at radius 1 is 1.14 bits per heavy atom. The lowest BCUT2D eigenvalue weighted by atomic mass is 10.1. The van der Waals surface area contributed by atoms with Crippen molar-refractivity contribution in [3.05, 3.63) is 60.2 Å². The third-order valence-electron chi connectivity index (χ3n) is 4.54. The molecule has 2 aromatic carbocycles. The molecule has 144 valence electrons. The van der Waals surface area contributed by atoms with E-state index < -0.39 is 0 Å². The Balaban J connectivity index is 1.48. The fraction of sp³-hybridized carbons (Fsp3) is 0.286. The first kappa shape index (κ1) is 18.2. The Hall–Kier alpha value is -3.22. The van der Waals surface area contributed by atoms with E-state index >= 15 is 0 Å². The highest BCUT2D eigenvalue weighted by Gasteiger charge is 2.35. The van der Waals surface area contributed by atoms with Crippen LogP contribution in [0.3, 0.4) is 0 Å². The van der Waals surface area contributed by atoms with Crippen molar-refractivity contribution < 1.29 is 18.4 Å². The number of benzene rings is 2. The smallest absolute Gasteiger partial charge is 0.232 e. The van der Waals surface area contributed by atoms with E-state index in [9.17, 15) is 9.18 Å². The summed E-state index contributed by atoms with van der Waals surface area (Å²) >= 11 is 0. The van der Waals surface area contributed by atoms with Crippen LogP contribution in [0.2, 0.25) is 0 Å². The topological polar surface area (TPSA) is 68.5 Å². The van der Waals surface area contributed by atoms with Gasteiger partial charge in [-0.05, 0) is 62.4 Å². The number of halogens is 1. The van der Waals surface area contributed by atoms with Gasteiger partial charge in [-0.25, -0.2) is 4.39 Å². The van der Waals surface area contributed by atoms with E-state index in [4.69, 9.17) is 9.26 Å². The summed E-state index contributed by atoms with van der Waals surface area (Å²) in [4.78, 5) is 18.5. The Bertz CT molecular complexity index is 967. The second-order valence-corrected chi connectivity index (χ2v) is 7.03. The number of hydrogen-bond donors (Lipinski definition) is 0. The highest BCUT2D eigenvalue weighted by Crippen LogP contribution is 2.32. The van der Waals surface area contributed by atoms with E-state index in [1.165, 1.54) is 12.1 Å². The van der Waals surface area contributed by atoms with Gasteiger partial charge in [-0.2, -0.15) is 4.98 Å². The summed E-state index contributed by atoms with van der Waals surface area (Å²) in [5.41, 5.74) is 1.47. The summed E-state index contributed by atoms with van der Waals surface area (Å²) in [5, 5.41) is 4.05. The molecule has 0 bridgehead atoms. The zero-order valence-electron chi connectivity index (χ0n) is 15.6. The number of anilines is 1. The van der Waals surface area contributed by atoms with Crippen molar-refractivity contribution in [2.45, 2.75) is 32.3 Å². The van der Waals surface area contributed by atoms with E-state index in [1.807, 2.05) is 38.1 Å². The van der Waals surface area contributed by atoms with Gasteiger partial charge in [-0.3, -0.25) is 4.79 Å². The molecular formula is C21H20FN3O3. The predicted octanol–water partition coefficient (Wildman–Crippen LogP) is 4.18. The van der Waals surface area contributed by atoms with Crippen molar-refractivity contribution in [2.24, 2.45) is 0 Å². The minimum atomic E-state index is -0.335. The summed E-state index contributed by atoms with van der Waals surface area (Å²) in [6.07, 6.45) is 0.381. The second kappa shape index (κ2) is 7.42. The average molecular weight is 381 g/mol. The fourth-order valence-corrected chi connectivity index (χ4v) is 3.22. The molecule has 3 aromatic rings. The van der Waals surface area contributed by atoms with Gasteiger partial charge in [0.25, 0.3) is 0 Å². The Labute approximate surface area is 161 Å². The maximum absolute atomic E-state index is 13.1. The third-order valence-corrected chi connectivity index (χ3v) is 4.54. The minimum absolute atomic E-state index is 0.0495. The molecule has 1 aliphatic heterocycles. The van der Waals surface area contributed by atoms with Crippen LogP contribution in [0.1, 0.15) is 32.1 Å². The van der Waals surface area contributed by atoms with Crippen LogP contribution in [-0.4, -0.2) is 28.7 Å². The lowest BCUT2D eigenvalue weighted by molar-refractivity contribution is -0.117. The number of hydrogen-bond acceptors (Lipinski definition) is 5. The molecule has 1 aliphatic rings. The Morgan fingerprint density at radius 2 is 1.86 bits per heavy atom. The number of rotatable bonds is 5. The second-order valence-electron chi connectivity index (χ2n) is 7.03. The maximum Gasteiger partial charge on any atom is 0.232 e. The molecule has 0 spiro atoms. The number of carbonyl (C=O) groups excluding carboxylic acids is 1. The molecular weight excluding hydrogens is 361 g/mol. The first-order valence-electron chi connectivity index (χ1n) is 9.16. The third kappa shape index (κ3) is 3.74. The molecule has 1 unspecified atom stereocenters. The minimum Gasteiger partial charge on any atom is -0.491 e. The van der Waals surface area contributed by atoms with Crippen LogP contribution in [-0.2, 0) is 4.79 Å². The van der Waals surface area contributed by atoms with Crippen LogP contribution >= 0.6 is 0 Å². The number of amides is 1. The Kier molecular flexibility index (Phi) is 4.81. The van der Waals surface area contributed by atoms with Gasteiger partial charge < -0.3 is 14.2 Å². The molecule has 2 heterocycles. The van der Waals surface area contributed by atoms with Gasteiger partial charge in [0.15, 0.2) is 0 Å². The molecule has 1 atom stereocenters. The largest absolute Gasteiger partial charge is 0.491 e. The van der Waals surface area contributed by atoms with E-state index in [0.29, 0.717) is 23.9 Å². The van der Waals surface area contributed by atoms with Crippen molar-refractivity contribution in [3.8, 4) is 17.1 Å². The molecule has 6 nitrogen and oxygen atoms in total. The van der Waals surface area contributed by atoms with E-state index in [2.05, 4.69) is 10.1 Å². The highest BCUT2D eigenvalue weighted by molar-refractivity contribution is 5.96. The summed E-state index contributed by atoms with van der Waals surface area (Å²) in [5.74, 6) is 1.10. The van der Waals surface area contributed by atoms with Crippen molar-refractivity contribution in [1.82, 2.24) is 10.1 Å². The van der Waals surface area contributed by atoms with Crippen molar-refractivity contribution in [2.75, 3.05) is 11.4 Å². The van der Waals surface area contributed by atoms with Crippen molar-refractivity contribution in [3.63, 3.8) is 0 Å². The molecule has 1 fully saturated rings. The normalized spacial score (nSPS) is 16.8. The standard InChI is InChI=1S/C21H20FN3O3/c1-13(2)27-18-9-3-14(4-10-18)20-23-21(28-24-20)15-11-19(26)25(12-15)17-7-5-16(22)6-8-17/h3-10,13,15H,11-12H2,1-2H3. The molecule has 1 saturated heterocycles. The van der Waals surface area contributed by atoms with Gasteiger partial charge in [0, 0.05) is 24.2 Å². The number of carbonyl (C=O) groups is 1. The molecule has 0 aliphatic carbocycles. The van der Waals surface area contributed by atoms with Crippen LogP contribution in [0.4, 0.5) is 10.1 Å². The predicted molar refractivity (Wildman–Crippen MR) is 102 cm³/mol. The van der Waals surface area contributed by atoms with Gasteiger partial charge in [0.05, 0.1) is 12.0 Å². The highest BCUT2D eigenvalue weighted by atomic mass is 19.1. The number of aromatic nitrogens is 2. The molecule has 0 N–H and O–H groups in total. The van der Waals surface area contributed by atoms with Crippen molar-refractivity contribution >= 4 is 11.6 Å². The summed E-state index contributed by atoms with van der Waals surface area (Å²) in [6, 6.07) is 13.3. The van der Waals surface area contributed by atoms with Gasteiger partial charge in [-0.15, -0.1) is 0 Å². The van der Waals surface area contributed by atoms with Crippen LogP contribution in [0.5, 0.6) is 5.75 Å². The van der Waals surface area contributed by atoms with Gasteiger partial charge in [0.1, 0.15) is 11.6 Å². The number of ether oxygens (including phenoxy) is 1. The molecule has 28 heavy (non-hydrogen) atoms. The molecule has 4 rings (SSSR count). The van der Waals surface area contributed by atoms with Crippen LogP contribution in [0, 0.1) is 5.82 Å². The zero-order chi connectivity index (χ0) is 19.7. The zero-order valence-corrected chi connectivity index (χ0v) is 15.6. The quantitative estimate of drug-likeness (QED) is 0.663. The fourth-order valence-electron chi connectivity index (χ4n) is 3.22. The SMILES string of the molecule is CC(C)Oc1ccc(-c2noc(C3CC(=O)N(c4ccc(F)cc4)C3)n2)cc1. The van der Waals surface area contributed by atoms with Gasteiger partial charge in [-0.1, -0.05) is 5.16 Å². The lowest BCUT2D eigenvalue weighted by Crippen LogP contribution is -2.24. The molecule has 7 heteroatoms. The van der Waals surface area contributed by atoms with Crippen LogP contribution in [0.25, 0.3) is 11.4 Å². The Morgan fingerprint density at radius 3 is 2.54 bits per heavy atom. The van der Waals surface area contributed by atoms with Crippen LogP contribution < -0.4 is 9.64 Å².